The van der Waals surface area contributed by atoms with Gasteiger partial charge in [-0.1, -0.05) is 30.3 Å². The molecule has 1 unspecified atom stereocenters. The van der Waals surface area contributed by atoms with Gasteiger partial charge in [-0.15, -0.1) is 0 Å². The van der Waals surface area contributed by atoms with Gasteiger partial charge in [-0.2, -0.15) is 0 Å². The molecule has 1 atom stereocenters. The minimum atomic E-state index is -0.381. The molecule has 0 saturated carbocycles. The zero-order valence-corrected chi connectivity index (χ0v) is 10.6. The molecule has 3 nitrogen and oxygen atoms in total. The Morgan fingerprint density at radius 1 is 1.11 bits per heavy atom. The predicted molar refractivity (Wildman–Crippen MR) is 76.1 cm³/mol. The molecule has 19 heavy (non-hydrogen) atoms. The van der Waals surface area contributed by atoms with Gasteiger partial charge in [0.1, 0.15) is 0 Å². The first-order valence-electron chi connectivity index (χ1n) is 6.48. The van der Waals surface area contributed by atoms with Gasteiger partial charge in [0.05, 0.1) is 6.04 Å². The minimum Gasteiger partial charge on any atom is -0.378 e. The van der Waals surface area contributed by atoms with Crippen LogP contribution in [-0.4, -0.2) is 5.91 Å². The molecular weight excluding hydrogens is 236 g/mol. The van der Waals surface area contributed by atoms with E-state index < -0.39 is 0 Å². The molecule has 0 aliphatic carbocycles. The van der Waals surface area contributed by atoms with E-state index in [1.807, 2.05) is 18.2 Å². The number of hydrogen-bond acceptors (Lipinski definition) is 2. The number of aryl methyl sites for hydroxylation is 1. The first-order valence-corrected chi connectivity index (χ1v) is 6.48. The lowest BCUT2D eigenvalue weighted by Gasteiger charge is -2.27. The van der Waals surface area contributed by atoms with Gasteiger partial charge in [0, 0.05) is 11.3 Å². The third-order valence-electron chi connectivity index (χ3n) is 3.65. The summed E-state index contributed by atoms with van der Waals surface area (Å²) in [5.41, 5.74) is 9.57. The Hall–Kier alpha value is -2.29. The van der Waals surface area contributed by atoms with Crippen LogP contribution in [0, 0.1) is 0 Å². The number of nitrogens with two attached hydrogens (primary N) is 1. The third-order valence-corrected chi connectivity index (χ3v) is 3.65. The van der Waals surface area contributed by atoms with E-state index in [4.69, 9.17) is 5.73 Å². The molecule has 0 fully saturated rings. The number of para-hydroxylation sites is 1. The molecule has 3 rings (SSSR count). The van der Waals surface area contributed by atoms with Gasteiger partial charge < -0.3 is 11.1 Å². The van der Waals surface area contributed by atoms with Crippen molar-refractivity contribution in [2.75, 3.05) is 5.32 Å². The molecule has 1 heterocycles. The van der Waals surface area contributed by atoms with Crippen molar-refractivity contribution in [2.45, 2.75) is 18.9 Å². The molecule has 96 valence electrons. The van der Waals surface area contributed by atoms with Crippen LogP contribution in [0.1, 0.15) is 33.9 Å². The third kappa shape index (κ3) is 2.32. The lowest BCUT2D eigenvalue weighted by atomic mass is 9.93. The molecule has 1 aliphatic rings. The highest BCUT2D eigenvalue weighted by Gasteiger charge is 2.18. The van der Waals surface area contributed by atoms with Crippen LogP contribution >= 0.6 is 0 Å². The van der Waals surface area contributed by atoms with Crippen molar-refractivity contribution < 1.29 is 4.79 Å². The number of nitrogens with one attached hydrogen (secondary N) is 1. The Labute approximate surface area is 112 Å². The summed E-state index contributed by atoms with van der Waals surface area (Å²) < 4.78 is 0. The molecule has 0 bridgehead atoms. The summed E-state index contributed by atoms with van der Waals surface area (Å²) in [6.07, 6.45) is 2.14. The molecule has 1 amide bonds. The number of benzene rings is 2. The number of carbonyl (C=O) groups excluding carboxylic acids is 1. The van der Waals surface area contributed by atoms with E-state index >= 15 is 0 Å². The Morgan fingerprint density at radius 2 is 1.84 bits per heavy atom. The molecule has 0 aromatic heterocycles. The minimum absolute atomic E-state index is 0.303. The molecule has 2 aromatic rings. The van der Waals surface area contributed by atoms with E-state index in [0.717, 1.165) is 12.8 Å². The summed E-state index contributed by atoms with van der Waals surface area (Å²) in [6, 6.07) is 16.2. The molecule has 0 radical (unpaired) electrons. The van der Waals surface area contributed by atoms with Crippen molar-refractivity contribution in [3.63, 3.8) is 0 Å². The number of primary amides is 1. The second kappa shape index (κ2) is 4.76. The summed E-state index contributed by atoms with van der Waals surface area (Å²) in [5, 5.41) is 3.55. The first-order chi connectivity index (χ1) is 9.24. The second-order valence-corrected chi connectivity index (χ2v) is 4.88. The van der Waals surface area contributed by atoms with Crippen molar-refractivity contribution in [3.8, 4) is 0 Å². The second-order valence-electron chi connectivity index (χ2n) is 4.88. The standard InChI is InChI=1S/C16H16N2O/c17-16(19)13-7-5-12(6-8-13)15-10-9-11-3-1-2-4-14(11)18-15/h1-8,15,18H,9-10H2,(H2,17,19). The largest absolute Gasteiger partial charge is 0.378 e. The highest BCUT2D eigenvalue weighted by atomic mass is 16.1. The molecule has 2 aromatic carbocycles. The average Bonchev–Trinajstić information content (AvgIpc) is 2.47. The van der Waals surface area contributed by atoms with Gasteiger partial charge in [0.2, 0.25) is 5.91 Å². The van der Waals surface area contributed by atoms with E-state index in [1.54, 1.807) is 12.1 Å². The fourth-order valence-corrected chi connectivity index (χ4v) is 2.57. The number of anilines is 1. The van der Waals surface area contributed by atoms with Crippen LogP contribution in [0.15, 0.2) is 48.5 Å². The van der Waals surface area contributed by atoms with E-state index in [0.29, 0.717) is 11.6 Å². The average molecular weight is 252 g/mol. The van der Waals surface area contributed by atoms with Crippen molar-refractivity contribution in [3.05, 3.63) is 65.2 Å². The van der Waals surface area contributed by atoms with Crippen LogP contribution in [0.2, 0.25) is 0 Å². The number of carbonyl (C=O) groups is 1. The summed E-state index contributed by atoms with van der Waals surface area (Å²) in [6.45, 7) is 0. The van der Waals surface area contributed by atoms with Gasteiger partial charge in [0.25, 0.3) is 0 Å². The molecule has 1 aliphatic heterocycles. The van der Waals surface area contributed by atoms with Gasteiger partial charge in [0.15, 0.2) is 0 Å². The lowest BCUT2D eigenvalue weighted by molar-refractivity contribution is 0.100. The summed E-state index contributed by atoms with van der Waals surface area (Å²) >= 11 is 0. The maximum absolute atomic E-state index is 11.1. The maximum Gasteiger partial charge on any atom is 0.248 e. The zero-order valence-electron chi connectivity index (χ0n) is 10.6. The highest BCUT2D eigenvalue weighted by molar-refractivity contribution is 5.92. The van der Waals surface area contributed by atoms with Crippen LogP contribution < -0.4 is 11.1 Å². The molecule has 3 N–H and O–H groups in total. The number of fused-ring (bicyclic) bond motifs is 1. The van der Waals surface area contributed by atoms with Crippen molar-refractivity contribution in [1.82, 2.24) is 0 Å². The molecule has 0 saturated heterocycles. The van der Waals surface area contributed by atoms with Crippen LogP contribution in [0.25, 0.3) is 0 Å². The first kappa shape index (κ1) is 11.8. The van der Waals surface area contributed by atoms with Crippen LogP contribution in [-0.2, 0) is 6.42 Å². The molecule has 0 spiro atoms. The number of rotatable bonds is 2. The van der Waals surface area contributed by atoms with Gasteiger partial charge in [-0.3, -0.25) is 4.79 Å². The van der Waals surface area contributed by atoms with Crippen molar-refractivity contribution >= 4 is 11.6 Å². The van der Waals surface area contributed by atoms with E-state index in [9.17, 15) is 4.79 Å². The number of hydrogen-bond donors (Lipinski definition) is 2. The van der Waals surface area contributed by atoms with Crippen molar-refractivity contribution in [2.24, 2.45) is 5.73 Å². The van der Waals surface area contributed by atoms with E-state index in [2.05, 4.69) is 23.5 Å². The Bertz CT molecular complexity index is 604. The van der Waals surface area contributed by atoms with E-state index in [-0.39, 0.29) is 5.91 Å². The van der Waals surface area contributed by atoms with Crippen LogP contribution in [0.3, 0.4) is 0 Å². The summed E-state index contributed by atoms with van der Waals surface area (Å²) in [4.78, 5) is 11.1. The quantitative estimate of drug-likeness (QED) is 0.863. The smallest absolute Gasteiger partial charge is 0.248 e. The molecular formula is C16H16N2O. The molecule has 3 heteroatoms. The van der Waals surface area contributed by atoms with Crippen LogP contribution in [0.4, 0.5) is 5.69 Å². The van der Waals surface area contributed by atoms with Gasteiger partial charge >= 0.3 is 0 Å². The zero-order chi connectivity index (χ0) is 13.2. The van der Waals surface area contributed by atoms with Gasteiger partial charge in [-0.05, 0) is 42.2 Å². The Balaban J connectivity index is 1.83. The normalized spacial score (nSPS) is 17.4. The Morgan fingerprint density at radius 3 is 2.58 bits per heavy atom. The highest BCUT2D eigenvalue weighted by Crippen LogP contribution is 2.32. The fraction of sp³-hybridized carbons (Fsp3) is 0.188. The maximum atomic E-state index is 11.1. The van der Waals surface area contributed by atoms with Gasteiger partial charge in [-0.25, -0.2) is 0 Å². The van der Waals surface area contributed by atoms with Crippen molar-refractivity contribution in [1.29, 1.82) is 0 Å². The summed E-state index contributed by atoms with van der Waals surface area (Å²) in [5.74, 6) is -0.381. The topological polar surface area (TPSA) is 55.1 Å². The van der Waals surface area contributed by atoms with E-state index in [1.165, 1.54) is 16.8 Å². The SMILES string of the molecule is NC(=O)c1ccc(C2CCc3ccccc3N2)cc1. The lowest BCUT2D eigenvalue weighted by Crippen LogP contribution is -2.18. The summed E-state index contributed by atoms with van der Waals surface area (Å²) in [7, 11) is 0. The monoisotopic (exact) mass is 252 g/mol. The predicted octanol–water partition coefficient (Wildman–Crippen LogP) is 2.88. The fourth-order valence-electron chi connectivity index (χ4n) is 2.57. The Kier molecular flexibility index (Phi) is 2.95. The number of amides is 1. The van der Waals surface area contributed by atoms with Crippen LogP contribution in [0.5, 0.6) is 0 Å².